The lowest BCUT2D eigenvalue weighted by Crippen LogP contribution is -2.31. The highest BCUT2D eigenvalue weighted by molar-refractivity contribution is 7.89. The number of pyridine rings is 1. The van der Waals surface area contributed by atoms with Gasteiger partial charge in [0.2, 0.25) is 10.0 Å². The Morgan fingerprint density at radius 1 is 1.23 bits per heavy atom. The molecule has 1 aromatic carbocycles. The van der Waals surface area contributed by atoms with Gasteiger partial charge in [-0.05, 0) is 18.6 Å². The molecule has 3 heterocycles. The van der Waals surface area contributed by atoms with Crippen LogP contribution in [0.5, 0.6) is 17.2 Å². The molecule has 9 heteroatoms. The van der Waals surface area contributed by atoms with E-state index in [0.29, 0.717) is 43.4 Å². The van der Waals surface area contributed by atoms with E-state index in [1.807, 2.05) is 0 Å². The van der Waals surface area contributed by atoms with Crippen molar-refractivity contribution in [2.24, 2.45) is 0 Å². The number of ether oxygens (including phenoxy) is 3. The van der Waals surface area contributed by atoms with E-state index in [4.69, 9.17) is 25.8 Å². The lowest BCUT2D eigenvalue weighted by molar-refractivity contribution is 0.171. The highest BCUT2D eigenvalue weighted by atomic mass is 35.5. The molecule has 1 saturated heterocycles. The SMILES string of the molecule is O=S(=O)(c1cc2c(cc1Cl)OCCO2)N1CC[C@H](Oc2cccnc2)C1. The van der Waals surface area contributed by atoms with E-state index in [1.54, 1.807) is 24.5 Å². The molecule has 1 atom stereocenters. The second-order valence-corrected chi connectivity index (χ2v) is 8.32. The van der Waals surface area contributed by atoms with Crippen LogP contribution in [0.3, 0.4) is 0 Å². The van der Waals surface area contributed by atoms with E-state index in [9.17, 15) is 8.42 Å². The number of benzene rings is 1. The van der Waals surface area contributed by atoms with Gasteiger partial charge in [-0.2, -0.15) is 4.31 Å². The second kappa shape index (κ2) is 6.94. The fraction of sp³-hybridized carbons (Fsp3) is 0.353. The van der Waals surface area contributed by atoms with Crippen LogP contribution in [0.4, 0.5) is 0 Å². The van der Waals surface area contributed by atoms with Gasteiger partial charge < -0.3 is 14.2 Å². The Hall–Kier alpha value is -2.03. The Balaban J connectivity index is 1.54. The highest BCUT2D eigenvalue weighted by Crippen LogP contribution is 2.38. The number of halogens is 1. The van der Waals surface area contributed by atoms with Gasteiger partial charge in [0.15, 0.2) is 11.5 Å². The quantitative estimate of drug-likeness (QED) is 0.789. The van der Waals surface area contributed by atoms with Crippen LogP contribution in [0.25, 0.3) is 0 Å². The van der Waals surface area contributed by atoms with E-state index in [-0.39, 0.29) is 22.6 Å². The average Bonchev–Trinajstić information content (AvgIpc) is 3.11. The van der Waals surface area contributed by atoms with Crippen LogP contribution in [-0.2, 0) is 10.0 Å². The van der Waals surface area contributed by atoms with Crippen molar-refractivity contribution in [3.05, 3.63) is 41.7 Å². The Labute approximate surface area is 156 Å². The Morgan fingerprint density at radius 2 is 2.00 bits per heavy atom. The third kappa shape index (κ3) is 3.32. The summed E-state index contributed by atoms with van der Waals surface area (Å²) in [5.41, 5.74) is 0. The summed E-state index contributed by atoms with van der Waals surface area (Å²) in [5.74, 6) is 1.47. The molecule has 4 rings (SSSR count). The molecule has 2 aromatic rings. The van der Waals surface area contributed by atoms with E-state index < -0.39 is 10.0 Å². The summed E-state index contributed by atoms with van der Waals surface area (Å²) in [5, 5.41) is 0.117. The number of aromatic nitrogens is 1. The van der Waals surface area contributed by atoms with Crippen molar-refractivity contribution in [3.63, 3.8) is 0 Å². The minimum absolute atomic E-state index is 0.0189. The molecule has 2 aliphatic heterocycles. The molecule has 138 valence electrons. The van der Waals surface area contributed by atoms with Crippen LogP contribution in [0.15, 0.2) is 41.6 Å². The molecule has 0 bridgehead atoms. The van der Waals surface area contributed by atoms with Crippen molar-refractivity contribution in [3.8, 4) is 17.2 Å². The smallest absolute Gasteiger partial charge is 0.244 e. The average molecular weight is 397 g/mol. The Morgan fingerprint density at radius 3 is 2.73 bits per heavy atom. The minimum Gasteiger partial charge on any atom is -0.487 e. The van der Waals surface area contributed by atoms with E-state index in [0.717, 1.165) is 0 Å². The van der Waals surface area contributed by atoms with Gasteiger partial charge in [-0.3, -0.25) is 4.98 Å². The van der Waals surface area contributed by atoms with E-state index in [2.05, 4.69) is 4.98 Å². The molecular weight excluding hydrogens is 380 g/mol. The predicted octanol–water partition coefficient (Wildman–Crippen LogP) is 2.35. The predicted molar refractivity (Wildman–Crippen MR) is 94.5 cm³/mol. The maximum absolute atomic E-state index is 13.0. The van der Waals surface area contributed by atoms with Gasteiger partial charge in [0, 0.05) is 24.9 Å². The lowest BCUT2D eigenvalue weighted by Gasteiger charge is -2.22. The summed E-state index contributed by atoms with van der Waals surface area (Å²) in [6.45, 7) is 1.40. The van der Waals surface area contributed by atoms with Crippen molar-refractivity contribution in [1.82, 2.24) is 9.29 Å². The monoisotopic (exact) mass is 396 g/mol. The standard InChI is InChI=1S/C17H17ClN2O5S/c18-14-8-15-16(24-7-6-23-15)9-17(14)26(21,22)20-5-3-13(11-20)25-12-2-1-4-19-10-12/h1-2,4,8-10,13H,3,5-7,11H2/t13-/m0/s1. The number of sulfonamides is 1. The van der Waals surface area contributed by atoms with Crippen LogP contribution in [-0.4, -0.2) is 50.1 Å². The molecule has 0 N–H and O–H groups in total. The first-order chi connectivity index (χ1) is 12.5. The summed E-state index contributed by atoms with van der Waals surface area (Å²) in [6.07, 6.45) is 3.62. The Kier molecular flexibility index (Phi) is 4.64. The van der Waals surface area contributed by atoms with Gasteiger partial charge in [0.1, 0.15) is 30.0 Å². The number of fused-ring (bicyclic) bond motifs is 1. The molecular formula is C17H17ClN2O5S. The van der Waals surface area contributed by atoms with Gasteiger partial charge in [-0.25, -0.2) is 8.42 Å². The van der Waals surface area contributed by atoms with Crippen LogP contribution >= 0.6 is 11.6 Å². The fourth-order valence-corrected chi connectivity index (χ4v) is 5.00. The van der Waals surface area contributed by atoms with Crippen molar-refractivity contribution in [2.45, 2.75) is 17.4 Å². The normalized spacial score (nSPS) is 20.1. The molecule has 0 aliphatic carbocycles. The number of hydrogen-bond donors (Lipinski definition) is 0. The third-order valence-corrected chi connectivity index (χ3v) is 6.59. The summed E-state index contributed by atoms with van der Waals surface area (Å²) in [4.78, 5) is 4.01. The van der Waals surface area contributed by atoms with Gasteiger partial charge in [-0.1, -0.05) is 11.6 Å². The maximum Gasteiger partial charge on any atom is 0.244 e. The molecule has 26 heavy (non-hydrogen) atoms. The molecule has 0 radical (unpaired) electrons. The number of hydrogen-bond acceptors (Lipinski definition) is 6. The van der Waals surface area contributed by atoms with Crippen molar-refractivity contribution < 1.29 is 22.6 Å². The zero-order valence-corrected chi connectivity index (χ0v) is 15.4. The first-order valence-electron chi connectivity index (χ1n) is 8.20. The molecule has 1 aromatic heterocycles. The van der Waals surface area contributed by atoms with Gasteiger partial charge in [0.05, 0.1) is 17.8 Å². The lowest BCUT2D eigenvalue weighted by atomic mass is 10.3. The third-order valence-electron chi connectivity index (χ3n) is 4.26. The molecule has 1 fully saturated rings. The fourth-order valence-electron chi connectivity index (χ4n) is 3.00. The molecule has 0 saturated carbocycles. The molecule has 0 spiro atoms. The summed E-state index contributed by atoms with van der Waals surface area (Å²) < 4.78 is 44.1. The highest BCUT2D eigenvalue weighted by Gasteiger charge is 2.35. The van der Waals surface area contributed by atoms with E-state index >= 15 is 0 Å². The number of rotatable bonds is 4. The summed E-state index contributed by atoms with van der Waals surface area (Å²) >= 11 is 6.21. The molecule has 0 amide bonds. The zero-order chi connectivity index (χ0) is 18.1. The first kappa shape index (κ1) is 17.4. The van der Waals surface area contributed by atoms with E-state index in [1.165, 1.54) is 16.4 Å². The van der Waals surface area contributed by atoms with Crippen LogP contribution in [0, 0.1) is 0 Å². The van der Waals surface area contributed by atoms with Gasteiger partial charge in [-0.15, -0.1) is 0 Å². The summed E-state index contributed by atoms with van der Waals surface area (Å²) in [7, 11) is -3.76. The molecule has 0 unspecified atom stereocenters. The Bertz CT molecular complexity index is 907. The van der Waals surface area contributed by atoms with Crippen LogP contribution < -0.4 is 14.2 Å². The molecule has 7 nitrogen and oxygen atoms in total. The van der Waals surface area contributed by atoms with Crippen molar-refractivity contribution >= 4 is 21.6 Å². The largest absolute Gasteiger partial charge is 0.487 e. The topological polar surface area (TPSA) is 78.0 Å². The van der Waals surface area contributed by atoms with Gasteiger partial charge in [0.25, 0.3) is 0 Å². The zero-order valence-electron chi connectivity index (χ0n) is 13.8. The first-order valence-corrected chi connectivity index (χ1v) is 10.0. The van der Waals surface area contributed by atoms with Crippen molar-refractivity contribution in [1.29, 1.82) is 0 Å². The van der Waals surface area contributed by atoms with Crippen LogP contribution in [0.1, 0.15) is 6.42 Å². The minimum atomic E-state index is -3.76. The maximum atomic E-state index is 13.0. The van der Waals surface area contributed by atoms with Crippen molar-refractivity contribution in [2.75, 3.05) is 26.3 Å². The summed E-state index contributed by atoms with van der Waals surface area (Å²) in [6, 6.07) is 6.49. The number of nitrogens with zero attached hydrogens (tertiary/aromatic N) is 2. The second-order valence-electron chi connectivity index (χ2n) is 6.01. The van der Waals surface area contributed by atoms with Gasteiger partial charge >= 0.3 is 0 Å². The molecule has 2 aliphatic rings. The van der Waals surface area contributed by atoms with Crippen LogP contribution in [0.2, 0.25) is 5.02 Å².